The molecule has 0 bridgehead atoms. The zero-order chi connectivity index (χ0) is 72.7. The highest BCUT2D eigenvalue weighted by Crippen LogP contribution is 2.51. The van der Waals surface area contributed by atoms with Gasteiger partial charge in [0.2, 0.25) is 0 Å². The summed E-state index contributed by atoms with van der Waals surface area (Å²) in [6.45, 7) is -4.46. The lowest BCUT2D eigenvalue weighted by Crippen LogP contribution is -3.00. The molecule has 0 saturated carbocycles. The Morgan fingerprint density at radius 2 is 0.298 bits per heavy atom. The Hall–Kier alpha value is -4.74. The molecular formula is C20H12F56O12S6-8. The maximum atomic E-state index is 12.0. The van der Waals surface area contributed by atoms with Crippen molar-refractivity contribution in [1.29, 1.82) is 0 Å². The number of hydrogen-bond donors (Lipinski definition) is 0. The number of sulfone groups is 1. The summed E-state index contributed by atoms with van der Waals surface area (Å²) < 4.78 is 631. The van der Waals surface area contributed by atoms with E-state index in [2.05, 4.69) is 0 Å². The Morgan fingerprint density at radius 3 is 0.319 bits per heavy atom. The van der Waals surface area contributed by atoms with E-state index in [0.717, 1.165) is 0 Å². The predicted octanol–water partition coefficient (Wildman–Crippen LogP) is -8.30. The molecule has 0 rings (SSSR count). The first-order chi connectivity index (χ1) is 34.9. The maximum Gasteiger partial charge on any atom is 0.476 e. The molecule has 0 saturated heterocycles. The molecular weight excluding hydrogens is 1690 g/mol. The summed E-state index contributed by atoms with van der Waals surface area (Å²) in [6.07, 6.45) is -54.3. The van der Waals surface area contributed by atoms with E-state index in [-0.39, 0.29) is 52.5 Å². The number of hydrogen-bond acceptors (Lipinski definition) is 12. The monoisotopic (exact) mass is 1700 g/mol. The average Bonchev–Trinajstić information content (AvgIpc) is 3.14. The van der Waals surface area contributed by atoms with Crippen molar-refractivity contribution in [2.75, 3.05) is 13.3 Å². The van der Waals surface area contributed by atoms with Crippen LogP contribution in [0, 0.1) is 0 Å². The van der Waals surface area contributed by atoms with E-state index in [1.807, 2.05) is 0 Å². The van der Waals surface area contributed by atoms with E-state index in [1.54, 1.807) is 0 Å². The Kier molecular flexibility index (Phi) is 75.4. The topological polar surface area (TPSA) is 205 Å². The molecule has 0 N–H and O–H groups in total. The molecule has 0 radical (unpaired) electrons. The van der Waals surface area contributed by atoms with Gasteiger partial charge in [0.1, 0.15) is 0 Å². The van der Waals surface area contributed by atoms with Gasteiger partial charge in [-0.05, 0) is 0 Å². The van der Waals surface area contributed by atoms with Crippen LogP contribution in [0.5, 0.6) is 0 Å². The molecule has 0 aromatic heterocycles. The van der Waals surface area contributed by atoms with E-state index < -0.39 is 169 Å². The van der Waals surface area contributed by atoms with Crippen molar-refractivity contribution < 1.29 is 295 Å². The largest absolute Gasteiger partial charge is 1.00 e. The molecule has 0 unspecified atom stereocenters. The molecule has 0 aliphatic heterocycles. The van der Waals surface area contributed by atoms with Gasteiger partial charge in [-0.25, -0.2) is 17.2 Å². The van der Waals surface area contributed by atoms with Crippen molar-refractivity contribution in [1.82, 2.24) is 0 Å². The van der Waals surface area contributed by atoms with Gasteiger partial charge >= 0.3 is 146 Å². The molecule has 12 nitrogen and oxygen atoms in total. The number of halogens is 56. The molecule has 0 amide bonds. The van der Waals surface area contributed by atoms with Crippen molar-refractivity contribution in [3.63, 3.8) is 0 Å². The molecule has 0 aromatic carbocycles. The first-order valence-electron chi connectivity index (χ1n) is 14.5. The van der Waals surface area contributed by atoms with Crippen molar-refractivity contribution in [3.8, 4) is 0 Å². The summed E-state index contributed by atoms with van der Waals surface area (Å²) in [4.78, 5) is 0. The number of rotatable bonds is 5. The van der Waals surface area contributed by atoms with E-state index in [0.29, 0.717) is 0 Å². The second-order valence-electron chi connectivity index (χ2n) is 10.2. The highest BCUT2D eigenvalue weighted by Gasteiger charge is 2.81. The van der Waals surface area contributed by atoms with Gasteiger partial charge in [-0.15, -0.1) is 0 Å². The van der Waals surface area contributed by atoms with Crippen LogP contribution in [0.25, 0.3) is 0 Å². The van der Waals surface area contributed by atoms with E-state index >= 15 is 0 Å². The smallest absolute Gasteiger partial charge is 0.476 e. The van der Waals surface area contributed by atoms with Crippen LogP contribution in [0.4, 0.5) is 207 Å². The van der Waals surface area contributed by atoms with Crippen LogP contribution in [-0.4, -0.2) is 133 Å². The average molecular weight is 1700 g/mol. The highest BCUT2D eigenvalue weighted by molar-refractivity contribution is 7.93. The number of alkyl halides is 33. The van der Waals surface area contributed by atoms with Crippen LogP contribution in [0.1, 0.15) is 14.9 Å². The fourth-order valence-electron chi connectivity index (χ4n) is 0.880. The first-order valence-corrected chi connectivity index (χ1v) is 22.7. The lowest BCUT2D eigenvalue weighted by atomic mass is 10.7. The molecule has 0 spiro atoms. The standard InChI is InChI=1S/C4F10O2S.3C2F6O2S.2C2H2F4.2C2F4.2CH4.2F2O2S.8FH/c5-1(6,7)3(11,12)17(15,16)4(13,14)2(8,9)10;3*3-1(4,5)2(6,7)11(8,9)10;2*3-1-2(4,5)6;2*3-1(4)2(5)6;;;2*1-5(2,3)4;;;;;;;;/h;;;;2*1H2;;;2*1H4;;;8*1H/p-8. The zero-order valence-corrected chi connectivity index (χ0v) is 42.8. The minimum absolute atomic E-state index is 0. The normalized spacial score (nSPS) is 12.0. The Bertz CT molecular complexity index is 2410. The summed E-state index contributed by atoms with van der Waals surface area (Å²) in [6, 6.07) is 0. The van der Waals surface area contributed by atoms with Crippen LogP contribution >= 0.6 is 0 Å². The van der Waals surface area contributed by atoms with Crippen molar-refractivity contribution in [2.24, 2.45) is 0 Å². The van der Waals surface area contributed by atoms with Gasteiger partial charge in [0, 0.05) is 0 Å². The third-order valence-electron chi connectivity index (χ3n) is 3.83. The Labute approximate surface area is 479 Å². The first kappa shape index (κ1) is 145. The van der Waals surface area contributed by atoms with Gasteiger partial charge in [0.25, 0.3) is 9.84 Å². The van der Waals surface area contributed by atoms with E-state index in [9.17, 15) is 216 Å². The minimum atomic E-state index is -8.17. The van der Waals surface area contributed by atoms with Gasteiger partial charge in [0.15, 0.2) is 13.3 Å². The van der Waals surface area contributed by atoms with Crippen molar-refractivity contribution in [2.45, 2.75) is 84.4 Å². The predicted molar refractivity (Wildman–Crippen MR) is 177 cm³/mol. The fourth-order valence-corrected chi connectivity index (χ4v) is 2.64. The van der Waals surface area contributed by atoms with Gasteiger partial charge < -0.3 is 37.6 Å². The maximum absolute atomic E-state index is 12.0. The van der Waals surface area contributed by atoms with Gasteiger partial charge in [-0.2, -0.15) is 213 Å². The molecule has 600 valence electrons. The van der Waals surface area contributed by atoms with E-state index in [4.69, 9.17) is 42.1 Å². The summed E-state index contributed by atoms with van der Waals surface area (Å²) in [5.74, 6) is 0. The molecule has 94 heavy (non-hydrogen) atoms. The van der Waals surface area contributed by atoms with Crippen molar-refractivity contribution >= 4 is 61.7 Å². The third-order valence-corrected chi connectivity index (χ3v) is 8.18. The summed E-state index contributed by atoms with van der Waals surface area (Å²) >= 11 is 0. The molecule has 0 fully saturated rings. The van der Waals surface area contributed by atoms with Gasteiger partial charge in [-0.3, -0.25) is 0 Å². The Balaban J connectivity index is -0.0000000364. The Morgan fingerprint density at radius 1 is 0.223 bits per heavy atom. The molecule has 0 aromatic rings. The van der Waals surface area contributed by atoms with Crippen LogP contribution < -0.4 is 37.6 Å². The second kappa shape index (κ2) is 48.9. The lowest BCUT2D eigenvalue weighted by molar-refractivity contribution is -0.263. The van der Waals surface area contributed by atoms with Crippen LogP contribution in [0.3, 0.4) is 0 Å². The third kappa shape index (κ3) is 65.9. The molecule has 0 atom stereocenters. The van der Waals surface area contributed by atoms with Gasteiger partial charge in [-0.1, -0.05) is 42.1 Å². The fraction of sp³-hybridized carbons (Fsp3) is 0.800. The van der Waals surface area contributed by atoms with Crippen LogP contribution in [-0.2, 0) is 61.7 Å². The summed E-state index contributed by atoms with van der Waals surface area (Å²) in [5, 5.41) is -33.4. The van der Waals surface area contributed by atoms with Crippen LogP contribution in [0.2, 0.25) is 0 Å². The minimum Gasteiger partial charge on any atom is -1.00 e. The zero-order valence-electron chi connectivity index (χ0n) is 37.9. The highest BCUT2D eigenvalue weighted by atomic mass is 32.3. The van der Waals surface area contributed by atoms with Gasteiger partial charge in [0.05, 0.1) is 0 Å². The van der Waals surface area contributed by atoms with Crippen molar-refractivity contribution in [3.05, 3.63) is 24.3 Å². The summed E-state index contributed by atoms with van der Waals surface area (Å²) in [7, 11) is -40.3. The van der Waals surface area contributed by atoms with Crippen LogP contribution in [0.15, 0.2) is 24.3 Å². The molecule has 74 heteroatoms. The SMILES string of the molecule is C.C.FC(F)=C(F)F.FC(F)=C(F)F.FCC(F)(F)F.FCC(F)(F)F.O=S(=O)(C(F)(F)C(F)(F)F)C(F)(F)C(F)(F)F.O=S(=O)(F)C(F)(F)C(F)(F)F.O=S(=O)(F)C(F)(F)C(F)(F)F.O=S(=O)(F)C(F)(F)C(F)(F)F.O=S(=O)(F)F.O=S(=O)(F)F.[F-].[F-].[F-].[F-].[F-].[F-].[F-].[F-]. The molecule has 0 heterocycles. The molecule has 0 aliphatic rings. The lowest BCUT2D eigenvalue weighted by Gasteiger charge is -2.26. The quantitative estimate of drug-likeness (QED) is 0.186. The van der Waals surface area contributed by atoms with E-state index in [1.165, 1.54) is 0 Å². The summed E-state index contributed by atoms with van der Waals surface area (Å²) in [5.41, 5.74) is 0. The second-order valence-corrected chi connectivity index (χ2v) is 17.9. The molecule has 0 aliphatic carbocycles.